The molecule has 0 radical (unpaired) electrons. The summed E-state index contributed by atoms with van der Waals surface area (Å²) in [5, 5.41) is 12.4. The van der Waals surface area contributed by atoms with Crippen LogP contribution in [0.2, 0.25) is 0 Å². The molecule has 4 aromatic carbocycles. The van der Waals surface area contributed by atoms with Crippen molar-refractivity contribution in [1.82, 2.24) is 9.80 Å². The molecule has 3 amide bonds. The Kier molecular flexibility index (Phi) is 13.2. The van der Waals surface area contributed by atoms with Crippen LogP contribution in [0.5, 0.6) is 28.7 Å². The second kappa shape index (κ2) is 19.8. The van der Waals surface area contributed by atoms with Crippen molar-refractivity contribution >= 4 is 64.5 Å². The molecule has 0 fully saturated rings. The molecule has 4 atom stereocenters. The predicted octanol–water partition coefficient (Wildman–Crippen LogP) is 9.64. The van der Waals surface area contributed by atoms with Gasteiger partial charge in [0.05, 0.1) is 74.5 Å². The van der Waals surface area contributed by atoms with Crippen molar-refractivity contribution in [3.63, 3.8) is 0 Å². The van der Waals surface area contributed by atoms with Crippen LogP contribution in [0.4, 0.5) is 21.9 Å². The molecule has 1 aliphatic carbocycles. The number of allylic oxidation sites excluding steroid dienone is 1. The molecule has 16 nitrogen and oxygen atoms in total. The van der Waals surface area contributed by atoms with Gasteiger partial charge in [-0.2, -0.15) is 0 Å². The van der Waals surface area contributed by atoms with E-state index in [1.54, 1.807) is 72.7 Å². The number of carbonyl (C=O) groups excluding carboxylic acids is 3. The van der Waals surface area contributed by atoms with Gasteiger partial charge < -0.3 is 43.3 Å². The molecule has 9 rings (SSSR count). The van der Waals surface area contributed by atoms with Crippen LogP contribution < -0.4 is 29.0 Å². The SMILES string of the molecule is COc1ccc(C2=CN3C(=O)c4cc(OC)c(OCCCOc5cc6c(cc5OC)C(=O)N5C=C(c7ccc(NC(=O)O[C@H]8/C=C/CC[C@@](C)(C(=O)O)CC8)cc7)C[C@H]5C=N6)cc4N=CC3C2)cc1. The normalized spacial score (nSPS) is 21.7. The van der Waals surface area contributed by atoms with Gasteiger partial charge in [0.25, 0.3) is 11.8 Å². The standard InChI is InChI=1S/C53H53N5O11/c1-53(51(61)62)18-6-5-8-40(17-19-53)69-52(63)56-36-13-9-32(10-14-36)34-22-37-28-54-43-26-47(45(65-3)24-41(43)49(59)57(37)30-34)67-20-7-21-68-48-27-44-42(25-46(48)66-4)50(60)58-31-35(23-38(58)29-55-44)33-11-15-39(64-2)16-12-33/h5,8-16,24-31,37-38,40H,6-7,17-23H2,1-4H3,(H,56,63)(H,61,62)/b8-5+/t37-,38?,40-,53+/m0/s1. The van der Waals surface area contributed by atoms with Gasteiger partial charge in [-0.1, -0.05) is 30.3 Å². The first-order valence-corrected chi connectivity index (χ1v) is 22.9. The maximum absolute atomic E-state index is 14.0. The van der Waals surface area contributed by atoms with Gasteiger partial charge in [-0.25, -0.2) is 4.79 Å². The van der Waals surface area contributed by atoms with E-state index >= 15 is 0 Å². The fourth-order valence-corrected chi connectivity index (χ4v) is 9.07. The van der Waals surface area contributed by atoms with Crippen molar-refractivity contribution < 1.29 is 52.7 Å². The minimum atomic E-state index is -0.862. The molecule has 0 saturated heterocycles. The number of methoxy groups -OCH3 is 3. The first-order valence-electron chi connectivity index (χ1n) is 22.9. The number of nitrogens with one attached hydrogen (secondary N) is 1. The summed E-state index contributed by atoms with van der Waals surface area (Å²) >= 11 is 0. The summed E-state index contributed by atoms with van der Waals surface area (Å²) in [7, 11) is 4.67. The van der Waals surface area contributed by atoms with E-state index in [2.05, 4.69) is 5.32 Å². The third-order valence-electron chi connectivity index (χ3n) is 13.2. The number of hydrogen-bond donors (Lipinski definition) is 2. The number of nitrogens with zero attached hydrogens (tertiary/aromatic N) is 4. The lowest BCUT2D eigenvalue weighted by molar-refractivity contribution is -0.149. The predicted molar refractivity (Wildman–Crippen MR) is 260 cm³/mol. The molecular formula is C53H53N5O11. The lowest BCUT2D eigenvalue weighted by atomic mass is 9.79. The van der Waals surface area contributed by atoms with Crippen LogP contribution in [0, 0.1) is 5.41 Å². The molecular weight excluding hydrogens is 883 g/mol. The third kappa shape index (κ3) is 9.78. The number of amides is 3. The van der Waals surface area contributed by atoms with Gasteiger partial charge in [-0.15, -0.1) is 0 Å². The summed E-state index contributed by atoms with van der Waals surface area (Å²) in [5.41, 5.74) is 5.27. The van der Waals surface area contributed by atoms with E-state index in [0.29, 0.717) is 96.1 Å². The molecule has 4 heterocycles. The summed E-state index contributed by atoms with van der Waals surface area (Å²) in [6, 6.07) is 21.3. The van der Waals surface area contributed by atoms with Gasteiger partial charge >= 0.3 is 12.1 Å². The lowest BCUT2D eigenvalue weighted by Crippen LogP contribution is -2.32. The number of benzene rings is 4. The number of carbonyl (C=O) groups is 4. The number of hydrogen-bond acceptors (Lipinski definition) is 12. The average molecular weight is 936 g/mol. The highest BCUT2D eigenvalue weighted by atomic mass is 16.6. The quantitative estimate of drug-likeness (QED) is 0.0906. The van der Waals surface area contributed by atoms with Gasteiger partial charge in [0, 0.05) is 61.9 Å². The number of aliphatic carboxylic acids is 1. The maximum Gasteiger partial charge on any atom is 0.412 e. The molecule has 0 spiro atoms. The van der Waals surface area contributed by atoms with Crippen LogP contribution >= 0.6 is 0 Å². The molecule has 0 bridgehead atoms. The van der Waals surface area contributed by atoms with Crippen molar-refractivity contribution in [1.29, 1.82) is 0 Å². The number of rotatable bonds is 14. The molecule has 4 aliphatic heterocycles. The fraction of sp³-hybridized carbons (Fsp3) is 0.321. The second-order valence-electron chi connectivity index (χ2n) is 17.7. The van der Waals surface area contributed by atoms with E-state index in [9.17, 15) is 24.3 Å². The van der Waals surface area contributed by atoms with Crippen LogP contribution in [-0.2, 0) is 9.53 Å². The van der Waals surface area contributed by atoms with Gasteiger partial charge in [0.15, 0.2) is 23.0 Å². The Labute approximate surface area is 399 Å². The highest BCUT2D eigenvalue weighted by molar-refractivity contribution is 6.06. The second-order valence-corrected chi connectivity index (χ2v) is 17.7. The van der Waals surface area contributed by atoms with Crippen LogP contribution in [0.15, 0.2) is 107 Å². The monoisotopic (exact) mass is 935 g/mol. The Balaban J connectivity index is 0.787. The average Bonchev–Trinajstić information content (AvgIpc) is 3.93. The Morgan fingerprint density at radius 1 is 0.725 bits per heavy atom. The summed E-state index contributed by atoms with van der Waals surface area (Å²) in [5.74, 6) is 1.18. The Morgan fingerprint density at radius 3 is 1.77 bits per heavy atom. The van der Waals surface area contributed by atoms with Crippen molar-refractivity contribution in [3.8, 4) is 28.7 Å². The Hall–Kier alpha value is -7.88. The first kappa shape index (κ1) is 46.2. The molecule has 356 valence electrons. The van der Waals surface area contributed by atoms with Crippen LogP contribution in [-0.4, -0.2) is 104 Å². The van der Waals surface area contributed by atoms with Crippen LogP contribution in [0.1, 0.15) is 83.7 Å². The number of ether oxygens (including phenoxy) is 6. The van der Waals surface area contributed by atoms with Crippen molar-refractivity contribution in [3.05, 3.63) is 120 Å². The van der Waals surface area contributed by atoms with Gasteiger partial charge in [0.1, 0.15) is 11.9 Å². The molecule has 0 saturated carbocycles. The smallest absolute Gasteiger partial charge is 0.412 e. The van der Waals surface area contributed by atoms with E-state index in [4.69, 9.17) is 38.4 Å². The summed E-state index contributed by atoms with van der Waals surface area (Å²) in [6.45, 7) is 2.26. The van der Waals surface area contributed by atoms with Crippen molar-refractivity contribution in [2.75, 3.05) is 39.9 Å². The zero-order valence-corrected chi connectivity index (χ0v) is 38.8. The highest BCUT2D eigenvalue weighted by Crippen LogP contribution is 2.42. The van der Waals surface area contributed by atoms with E-state index in [1.165, 1.54) is 14.2 Å². The molecule has 4 aromatic rings. The fourth-order valence-electron chi connectivity index (χ4n) is 9.07. The molecule has 0 aromatic heterocycles. The zero-order valence-electron chi connectivity index (χ0n) is 38.8. The largest absolute Gasteiger partial charge is 0.497 e. The first-order chi connectivity index (χ1) is 33.4. The van der Waals surface area contributed by atoms with Crippen LogP contribution in [0.3, 0.4) is 0 Å². The van der Waals surface area contributed by atoms with Crippen molar-refractivity contribution in [2.45, 2.75) is 70.1 Å². The lowest BCUT2D eigenvalue weighted by Gasteiger charge is -2.27. The number of aliphatic imine (C=N–C) groups is 2. The van der Waals surface area contributed by atoms with Gasteiger partial charge in [0.2, 0.25) is 0 Å². The Morgan fingerprint density at radius 2 is 1.26 bits per heavy atom. The minimum Gasteiger partial charge on any atom is -0.497 e. The summed E-state index contributed by atoms with van der Waals surface area (Å²) in [4.78, 5) is 65.2. The van der Waals surface area contributed by atoms with Gasteiger partial charge in [-0.05, 0) is 97.4 Å². The molecule has 5 aliphatic rings. The maximum atomic E-state index is 14.0. The zero-order chi connectivity index (χ0) is 48.2. The number of carboxylic acid groups (broad SMARTS) is 1. The van der Waals surface area contributed by atoms with Crippen molar-refractivity contribution in [2.24, 2.45) is 15.4 Å². The minimum absolute atomic E-state index is 0.176. The van der Waals surface area contributed by atoms with E-state index in [-0.39, 0.29) is 37.1 Å². The third-order valence-corrected chi connectivity index (χ3v) is 13.2. The van der Waals surface area contributed by atoms with Gasteiger partial charge in [-0.3, -0.25) is 29.7 Å². The number of anilines is 1. The summed E-state index contributed by atoms with van der Waals surface area (Å²) < 4.78 is 34.6. The molecule has 1 unspecified atom stereocenters. The summed E-state index contributed by atoms with van der Waals surface area (Å²) in [6.07, 6.45) is 13.4. The molecule has 16 heteroatoms. The number of carboxylic acids is 1. The highest BCUT2D eigenvalue weighted by Gasteiger charge is 2.36. The topological polar surface area (TPSA) is 187 Å². The number of fused-ring (bicyclic) bond motifs is 4. The molecule has 69 heavy (non-hydrogen) atoms. The van der Waals surface area contributed by atoms with E-state index in [1.807, 2.05) is 61.0 Å². The molecule has 2 N–H and O–H groups in total. The van der Waals surface area contributed by atoms with E-state index in [0.717, 1.165) is 28.0 Å². The Bertz CT molecular complexity index is 2820. The van der Waals surface area contributed by atoms with E-state index < -0.39 is 23.6 Å². The van der Waals surface area contributed by atoms with Crippen LogP contribution in [0.25, 0.3) is 11.1 Å².